The van der Waals surface area contributed by atoms with Gasteiger partial charge in [-0.15, -0.1) is 0 Å². The van der Waals surface area contributed by atoms with E-state index < -0.39 is 11.4 Å². The average Bonchev–Trinajstić information content (AvgIpc) is 3.21. The highest BCUT2D eigenvalue weighted by molar-refractivity contribution is 8.00. The number of hydrogen-bond acceptors (Lipinski definition) is 6. The average molecular weight is 413 g/mol. The molecule has 0 saturated carbocycles. The number of nitrogens with one attached hydrogen (secondary N) is 1. The van der Waals surface area contributed by atoms with Crippen LogP contribution in [0.2, 0.25) is 0 Å². The number of halogens is 3. The minimum Gasteiger partial charge on any atom is -0.365 e. The molecule has 2 heterocycles. The number of benzene rings is 1. The fourth-order valence-electron chi connectivity index (χ4n) is 2.64. The first-order chi connectivity index (χ1) is 12.8. The van der Waals surface area contributed by atoms with Crippen LogP contribution in [0.15, 0.2) is 35.4 Å². The first kappa shape index (κ1) is 19.4. The summed E-state index contributed by atoms with van der Waals surface area (Å²) in [6.07, 6.45) is 1.50. The molecule has 1 aliphatic heterocycles. The molecule has 0 radical (unpaired) electrons. The van der Waals surface area contributed by atoms with E-state index in [0.717, 1.165) is 0 Å². The Morgan fingerprint density at radius 3 is 2.67 bits per heavy atom. The van der Waals surface area contributed by atoms with E-state index in [4.69, 9.17) is 5.73 Å². The number of nitrogens with two attached hydrogens (primary N) is 1. The maximum absolute atomic E-state index is 12.4. The molecule has 0 bridgehead atoms. The Hall–Kier alpha value is -2.32. The quantitative estimate of drug-likeness (QED) is 0.725. The number of thioether (sulfide) groups is 2. The molecule has 0 spiro atoms. The van der Waals surface area contributed by atoms with Gasteiger partial charge in [-0.05, 0) is 36.0 Å². The van der Waals surface area contributed by atoms with Crippen molar-refractivity contribution in [1.29, 1.82) is 5.26 Å². The largest absolute Gasteiger partial charge is 0.446 e. The number of anilines is 2. The molecule has 0 aliphatic carbocycles. The van der Waals surface area contributed by atoms with Gasteiger partial charge in [0.05, 0.1) is 18.0 Å². The van der Waals surface area contributed by atoms with Crippen LogP contribution in [-0.2, 0) is 0 Å². The monoisotopic (exact) mass is 413 g/mol. The summed E-state index contributed by atoms with van der Waals surface area (Å²) in [6.45, 7) is 0. The molecular weight excluding hydrogens is 399 g/mol. The standard InChI is InChI=1S/C16H14F3N5OS2/c17-16(18,19)27-11-3-1-10(2-4-11)22-15-12(14(21)25)6-24(23-15)13-8-26-7-9(13)5-20/h1-4,6,9,13H,7-8H2,(H2,21,25)(H,22,23)/t9?,13-/m1/s1. The van der Waals surface area contributed by atoms with E-state index in [1.54, 1.807) is 16.4 Å². The van der Waals surface area contributed by atoms with Crippen LogP contribution < -0.4 is 11.1 Å². The fraction of sp³-hybridized carbons (Fsp3) is 0.312. The summed E-state index contributed by atoms with van der Waals surface area (Å²) in [4.78, 5) is 11.8. The highest BCUT2D eigenvalue weighted by Gasteiger charge is 2.31. The molecule has 2 aromatic rings. The molecule has 27 heavy (non-hydrogen) atoms. The van der Waals surface area contributed by atoms with Crippen LogP contribution in [0.5, 0.6) is 0 Å². The van der Waals surface area contributed by atoms with Crippen LogP contribution in [0.25, 0.3) is 0 Å². The third kappa shape index (κ3) is 4.70. The third-order valence-electron chi connectivity index (χ3n) is 3.90. The minimum absolute atomic E-state index is 0.0496. The Morgan fingerprint density at radius 1 is 1.37 bits per heavy atom. The minimum atomic E-state index is -4.36. The molecule has 6 nitrogen and oxygen atoms in total. The fourth-order valence-corrected chi connectivity index (χ4v) is 4.49. The Labute approximate surface area is 161 Å². The lowest BCUT2D eigenvalue weighted by Gasteiger charge is -2.12. The highest BCUT2D eigenvalue weighted by atomic mass is 32.2. The Balaban J connectivity index is 1.82. The first-order valence-electron chi connectivity index (χ1n) is 7.76. The predicted octanol–water partition coefficient (Wildman–Crippen LogP) is 3.77. The van der Waals surface area contributed by atoms with Crippen LogP contribution in [0.1, 0.15) is 16.4 Å². The molecule has 142 valence electrons. The molecule has 11 heteroatoms. The van der Waals surface area contributed by atoms with Crippen molar-refractivity contribution >= 4 is 40.9 Å². The van der Waals surface area contributed by atoms with Gasteiger partial charge in [-0.1, -0.05) is 0 Å². The zero-order chi connectivity index (χ0) is 19.6. The molecule has 1 fully saturated rings. The summed E-state index contributed by atoms with van der Waals surface area (Å²) >= 11 is 1.42. The zero-order valence-electron chi connectivity index (χ0n) is 13.7. The molecule has 2 atom stereocenters. The van der Waals surface area contributed by atoms with Crippen molar-refractivity contribution in [2.75, 3.05) is 16.8 Å². The van der Waals surface area contributed by atoms with E-state index in [2.05, 4.69) is 16.5 Å². The number of carbonyl (C=O) groups is 1. The van der Waals surface area contributed by atoms with Crippen LogP contribution in [0.3, 0.4) is 0 Å². The topological polar surface area (TPSA) is 96.7 Å². The second-order valence-electron chi connectivity index (χ2n) is 5.77. The van der Waals surface area contributed by atoms with Gasteiger partial charge < -0.3 is 11.1 Å². The smallest absolute Gasteiger partial charge is 0.365 e. The Morgan fingerprint density at radius 2 is 2.07 bits per heavy atom. The molecule has 3 N–H and O–H groups in total. The number of nitriles is 1. The highest BCUT2D eigenvalue weighted by Crippen LogP contribution is 2.37. The molecule has 1 aromatic heterocycles. The van der Waals surface area contributed by atoms with Crippen molar-refractivity contribution in [2.45, 2.75) is 16.4 Å². The predicted molar refractivity (Wildman–Crippen MR) is 97.8 cm³/mol. The van der Waals surface area contributed by atoms with Gasteiger partial charge in [-0.25, -0.2) is 0 Å². The molecule has 1 saturated heterocycles. The summed E-state index contributed by atoms with van der Waals surface area (Å²) in [5, 5.41) is 16.5. The number of carbonyl (C=O) groups excluding carboxylic acids is 1. The van der Waals surface area contributed by atoms with Gasteiger partial charge in [-0.2, -0.15) is 35.3 Å². The molecule has 1 aromatic carbocycles. The van der Waals surface area contributed by atoms with Crippen molar-refractivity contribution in [2.24, 2.45) is 11.7 Å². The van der Waals surface area contributed by atoms with Crippen molar-refractivity contribution in [3.05, 3.63) is 36.0 Å². The summed E-state index contributed by atoms with van der Waals surface area (Å²) in [5.41, 5.74) is 1.67. The lowest BCUT2D eigenvalue weighted by molar-refractivity contribution is -0.0328. The van der Waals surface area contributed by atoms with Crippen LogP contribution in [0, 0.1) is 17.2 Å². The molecular formula is C16H14F3N5OS2. The number of nitrogens with zero attached hydrogens (tertiary/aromatic N) is 3. The maximum atomic E-state index is 12.4. The van der Waals surface area contributed by atoms with Crippen LogP contribution in [-0.4, -0.2) is 32.7 Å². The lowest BCUT2D eigenvalue weighted by Crippen LogP contribution is -2.17. The van der Waals surface area contributed by atoms with Gasteiger partial charge in [0, 0.05) is 28.3 Å². The van der Waals surface area contributed by atoms with Crippen molar-refractivity contribution in [3.8, 4) is 6.07 Å². The van der Waals surface area contributed by atoms with Gasteiger partial charge in [0.25, 0.3) is 5.91 Å². The summed E-state index contributed by atoms with van der Waals surface area (Å²) < 4.78 is 38.8. The van der Waals surface area contributed by atoms with E-state index >= 15 is 0 Å². The SMILES string of the molecule is N#CC1CSC[C@H]1n1cc(C(N)=O)c(Nc2ccc(SC(F)(F)F)cc2)n1. The van der Waals surface area contributed by atoms with Crippen molar-refractivity contribution < 1.29 is 18.0 Å². The van der Waals surface area contributed by atoms with E-state index in [0.29, 0.717) is 17.2 Å². The number of hydrogen-bond donors (Lipinski definition) is 2. The lowest BCUT2D eigenvalue weighted by atomic mass is 10.1. The third-order valence-corrected chi connectivity index (χ3v) is 5.82. The molecule has 1 unspecified atom stereocenters. The van der Waals surface area contributed by atoms with Gasteiger partial charge in [-0.3, -0.25) is 9.48 Å². The number of alkyl halides is 3. The molecule has 1 amide bonds. The Kier molecular flexibility index (Phi) is 5.57. The summed E-state index contributed by atoms with van der Waals surface area (Å²) in [5.74, 6) is 0.677. The zero-order valence-corrected chi connectivity index (χ0v) is 15.4. The molecule has 1 aliphatic rings. The van der Waals surface area contributed by atoms with Crippen molar-refractivity contribution in [3.63, 3.8) is 0 Å². The van der Waals surface area contributed by atoms with Crippen molar-refractivity contribution in [1.82, 2.24) is 9.78 Å². The van der Waals surface area contributed by atoms with Gasteiger partial charge in [0.15, 0.2) is 5.82 Å². The van der Waals surface area contributed by atoms with Gasteiger partial charge in [0.2, 0.25) is 0 Å². The van der Waals surface area contributed by atoms with E-state index in [1.165, 1.54) is 30.5 Å². The second kappa shape index (κ2) is 7.74. The summed E-state index contributed by atoms with van der Waals surface area (Å²) in [7, 11) is 0. The molecule has 3 rings (SSSR count). The van der Waals surface area contributed by atoms with Gasteiger partial charge >= 0.3 is 5.51 Å². The van der Waals surface area contributed by atoms with E-state index in [9.17, 15) is 23.2 Å². The summed E-state index contributed by atoms with van der Waals surface area (Å²) in [6, 6.07) is 7.62. The van der Waals surface area contributed by atoms with E-state index in [-0.39, 0.29) is 40.0 Å². The van der Waals surface area contributed by atoms with Crippen LogP contribution in [0.4, 0.5) is 24.7 Å². The number of aromatic nitrogens is 2. The van der Waals surface area contributed by atoms with E-state index in [1.807, 2.05) is 0 Å². The number of primary amides is 1. The Bertz CT molecular complexity index is 876. The second-order valence-corrected chi connectivity index (χ2v) is 7.99. The van der Waals surface area contributed by atoms with Crippen LogP contribution >= 0.6 is 23.5 Å². The number of amides is 1. The number of rotatable bonds is 5. The van der Waals surface area contributed by atoms with Gasteiger partial charge in [0.1, 0.15) is 5.56 Å². The first-order valence-corrected chi connectivity index (χ1v) is 9.73. The normalized spacial score (nSPS) is 19.6. The maximum Gasteiger partial charge on any atom is 0.446 e.